The topological polar surface area (TPSA) is 62.2 Å². The van der Waals surface area contributed by atoms with Crippen molar-refractivity contribution in [3.63, 3.8) is 0 Å². The number of benzene rings is 1. The summed E-state index contributed by atoms with van der Waals surface area (Å²) in [4.78, 5) is 15.5. The van der Waals surface area contributed by atoms with Gasteiger partial charge in [-0.05, 0) is 19.4 Å². The van der Waals surface area contributed by atoms with E-state index < -0.39 is 5.97 Å². The van der Waals surface area contributed by atoms with Gasteiger partial charge in [-0.2, -0.15) is 0 Å². The first kappa shape index (κ1) is 13.1. The molecule has 0 aliphatic carbocycles. The lowest BCUT2D eigenvalue weighted by atomic mass is 10.1. The molecule has 0 fully saturated rings. The molecule has 0 spiro atoms. The van der Waals surface area contributed by atoms with E-state index in [1.54, 1.807) is 0 Å². The lowest BCUT2D eigenvalue weighted by Gasteiger charge is -2.17. The summed E-state index contributed by atoms with van der Waals surface area (Å²) < 4.78 is 0. The van der Waals surface area contributed by atoms with Crippen molar-refractivity contribution in [3.05, 3.63) is 48.7 Å². The molecule has 0 saturated carbocycles. The van der Waals surface area contributed by atoms with E-state index in [2.05, 4.69) is 16.9 Å². The third-order valence-corrected chi connectivity index (χ3v) is 2.92. The molecular weight excluding hydrogens is 240 g/mol. The standard InChI is InChI=1S/C15H16N2O2/c1-3-6-10(2)17-14-11-7-4-5-8-13(11)16-9-12(14)15(18)19/h3-5,7-10H,1,6H2,2H3,(H,16,17)(H,18,19). The Labute approximate surface area is 111 Å². The Hall–Kier alpha value is -2.36. The summed E-state index contributed by atoms with van der Waals surface area (Å²) >= 11 is 0. The van der Waals surface area contributed by atoms with Crippen LogP contribution in [0.15, 0.2) is 43.1 Å². The van der Waals surface area contributed by atoms with Crippen molar-refractivity contribution in [2.45, 2.75) is 19.4 Å². The molecule has 2 rings (SSSR count). The Bertz CT molecular complexity index is 623. The highest BCUT2D eigenvalue weighted by Gasteiger charge is 2.15. The predicted octanol–water partition coefficient (Wildman–Crippen LogP) is 3.31. The second-order valence-corrected chi connectivity index (χ2v) is 4.44. The average Bonchev–Trinajstić information content (AvgIpc) is 2.39. The molecule has 0 aliphatic heterocycles. The van der Waals surface area contributed by atoms with Gasteiger partial charge in [0.05, 0.1) is 11.2 Å². The van der Waals surface area contributed by atoms with Crippen molar-refractivity contribution in [2.24, 2.45) is 0 Å². The minimum Gasteiger partial charge on any atom is -0.478 e. The number of fused-ring (bicyclic) bond motifs is 1. The van der Waals surface area contributed by atoms with Crippen molar-refractivity contribution in [1.82, 2.24) is 4.98 Å². The molecule has 2 aromatic rings. The van der Waals surface area contributed by atoms with Gasteiger partial charge < -0.3 is 10.4 Å². The van der Waals surface area contributed by atoms with E-state index in [0.717, 1.165) is 17.3 Å². The highest BCUT2D eigenvalue weighted by Crippen LogP contribution is 2.26. The second kappa shape index (κ2) is 5.52. The molecule has 1 atom stereocenters. The van der Waals surface area contributed by atoms with Crippen LogP contribution in [0.1, 0.15) is 23.7 Å². The SMILES string of the molecule is C=CCC(C)Nc1c(C(=O)O)cnc2ccccc12. The van der Waals surface area contributed by atoms with Crippen LogP contribution in [0.3, 0.4) is 0 Å². The van der Waals surface area contributed by atoms with Crippen LogP contribution in [0.5, 0.6) is 0 Å². The molecule has 1 heterocycles. The van der Waals surface area contributed by atoms with Crippen LogP contribution in [0.2, 0.25) is 0 Å². The Morgan fingerprint density at radius 2 is 2.26 bits per heavy atom. The average molecular weight is 256 g/mol. The molecule has 4 nitrogen and oxygen atoms in total. The van der Waals surface area contributed by atoms with Gasteiger partial charge in [0.1, 0.15) is 5.56 Å². The lowest BCUT2D eigenvalue weighted by molar-refractivity contribution is 0.0697. The fourth-order valence-electron chi connectivity index (χ4n) is 2.01. The molecule has 0 amide bonds. The van der Waals surface area contributed by atoms with Crippen molar-refractivity contribution in [2.75, 3.05) is 5.32 Å². The predicted molar refractivity (Wildman–Crippen MR) is 76.6 cm³/mol. The summed E-state index contributed by atoms with van der Waals surface area (Å²) in [5, 5.41) is 13.3. The number of anilines is 1. The van der Waals surface area contributed by atoms with Crippen LogP contribution < -0.4 is 5.32 Å². The zero-order chi connectivity index (χ0) is 13.8. The van der Waals surface area contributed by atoms with Gasteiger partial charge >= 0.3 is 5.97 Å². The third kappa shape index (κ3) is 2.73. The molecule has 1 aromatic heterocycles. The lowest BCUT2D eigenvalue weighted by Crippen LogP contribution is -2.17. The van der Waals surface area contributed by atoms with E-state index in [1.165, 1.54) is 6.20 Å². The summed E-state index contributed by atoms with van der Waals surface area (Å²) in [6, 6.07) is 7.61. The molecule has 1 unspecified atom stereocenters. The maximum absolute atomic E-state index is 11.3. The molecule has 1 aromatic carbocycles. The normalized spacial score (nSPS) is 12.1. The maximum Gasteiger partial charge on any atom is 0.339 e. The molecule has 0 aliphatic rings. The van der Waals surface area contributed by atoms with Crippen LogP contribution >= 0.6 is 0 Å². The van der Waals surface area contributed by atoms with E-state index in [9.17, 15) is 9.90 Å². The Balaban J connectivity index is 2.55. The highest BCUT2D eigenvalue weighted by molar-refractivity contribution is 6.04. The minimum atomic E-state index is -0.980. The van der Waals surface area contributed by atoms with Gasteiger partial charge in [0, 0.05) is 17.6 Å². The maximum atomic E-state index is 11.3. The smallest absolute Gasteiger partial charge is 0.339 e. The minimum absolute atomic E-state index is 0.112. The van der Waals surface area contributed by atoms with Gasteiger partial charge in [-0.25, -0.2) is 4.79 Å². The molecule has 0 radical (unpaired) electrons. The number of para-hydroxylation sites is 1. The van der Waals surface area contributed by atoms with Crippen molar-refractivity contribution >= 4 is 22.6 Å². The van der Waals surface area contributed by atoms with Crippen LogP contribution in [0.25, 0.3) is 10.9 Å². The summed E-state index contributed by atoms with van der Waals surface area (Å²) in [6.07, 6.45) is 3.96. The van der Waals surface area contributed by atoms with E-state index in [1.807, 2.05) is 37.3 Å². The molecule has 0 bridgehead atoms. The monoisotopic (exact) mass is 256 g/mol. The van der Waals surface area contributed by atoms with E-state index in [-0.39, 0.29) is 11.6 Å². The van der Waals surface area contributed by atoms with Gasteiger partial charge in [0.2, 0.25) is 0 Å². The van der Waals surface area contributed by atoms with Gasteiger partial charge in [-0.3, -0.25) is 4.98 Å². The Morgan fingerprint density at radius 3 is 2.95 bits per heavy atom. The summed E-state index contributed by atoms with van der Waals surface area (Å²) in [7, 11) is 0. The largest absolute Gasteiger partial charge is 0.478 e. The van der Waals surface area contributed by atoms with E-state index >= 15 is 0 Å². The van der Waals surface area contributed by atoms with Crippen LogP contribution in [0, 0.1) is 0 Å². The number of pyridine rings is 1. The highest BCUT2D eigenvalue weighted by atomic mass is 16.4. The van der Waals surface area contributed by atoms with Crippen molar-refractivity contribution in [3.8, 4) is 0 Å². The van der Waals surface area contributed by atoms with Crippen LogP contribution in [0.4, 0.5) is 5.69 Å². The van der Waals surface area contributed by atoms with Crippen molar-refractivity contribution < 1.29 is 9.90 Å². The zero-order valence-electron chi connectivity index (χ0n) is 10.8. The molecule has 19 heavy (non-hydrogen) atoms. The Morgan fingerprint density at radius 1 is 1.53 bits per heavy atom. The number of carboxylic acid groups (broad SMARTS) is 1. The summed E-state index contributed by atoms with van der Waals surface area (Å²) in [5.41, 5.74) is 1.59. The Kier molecular flexibility index (Phi) is 3.80. The summed E-state index contributed by atoms with van der Waals surface area (Å²) in [5.74, 6) is -0.980. The second-order valence-electron chi connectivity index (χ2n) is 4.44. The number of carboxylic acids is 1. The van der Waals surface area contributed by atoms with Crippen LogP contribution in [-0.4, -0.2) is 22.1 Å². The number of hydrogen-bond acceptors (Lipinski definition) is 3. The van der Waals surface area contributed by atoms with Gasteiger partial charge in [0.25, 0.3) is 0 Å². The first-order valence-electron chi connectivity index (χ1n) is 6.12. The van der Waals surface area contributed by atoms with E-state index in [4.69, 9.17) is 0 Å². The third-order valence-electron chi connectivity index (χ3n) is 2.92. The first-order chi connectivity index (χ1) is 9.13. The first-order valence-corrected chi connectivity index (χ1v) is 6.12. The fraction of sp³-hybridized carbons (Fsp3) is 0.200. The number of aromatic nitrogens is 1. The molecular formula is C15H16N2O2. The van der Waals surface area contributed by atoms with Gasteiger partial charge in [-0.1, -0.05) is 24.3 Å². The van der Waals surface area contributed by atoms with Gasteiger partial charge in [0.15, 0.2) is 0 Å². The number of nitrogens with one attached hydrogen (secondary N) is 1. The number of aromatic carboxylic acids is 1. The summed E-state index contributed by atoms with van der Waals surface area (Å²) in [6.45, 7) is 5.68. The molecule has 98 valence electrons. The van der Waals surface area contributed by atoms with Crippen LogP contribution in [-0.2, 0) is 0 Å². The molecule has 0 saturated heterocycles. The number of carbonyl (C=O) groups is 1. The molecule has 4 heteroatoms. The van der Waals surface area contributed by atoms with Crippen molar-refractivity contribution in [1.29, 1.82) is 0 Å². The van der Waals surface area contributed by atoms with Gasteiger partial charge in [-0.15, -0.1) is 6.58 Å². The molecule has 2 N–H and O–H groups in total. The zero-order valence-corrected chi connectivity index (χ0v) is 10.8. The van der Waals surface area contributed by atoms with E-state index in [0.29, 0.717) is 5.69 Å². The number of hydrogen-bond donors (Lipinski definition) is 2. The fourth-order valence-corrected chi connectivity index (χ4v) is 2.01. The quantitative estimate of drug-likeness (QED) is 0.806. The number of rotatable bonds is 5. The number of nitrogens with zero attached hydrogens (tertiary/aromatic N) is 1.